The zero-order chi connectivity index (χ0) is 19.7. The Kier molecular flexibility index (Phi) is 5.24. The van der Waals surface area contributed by atoms with Gasteiger partial charge in [-0.3, -0.25) is 9.59 Å². The molecule has 2 N–H and O–H groups in total. The second kappa shape index (κ2) is 7.45. The highest BCUT2D eigenvalue weighted by Gasteiger charge is 2.26. The van der Waals surface area contributed by atoms with Gasteiger partial charge in [0.15, 0.2) is 0 Å². The van der Waals surface area contributed by atoms with E-state index in [2.05, 4.69) is 4.98 Å². The zero-order valence-electron chi connectivity index (χ0n) is 15.2. The lowest BCUT2D eigenvalue weighted by Gasteiger charge is -2.11. The third-order valence-corrected chi connectivity index (χ3v) is 4.55. The number of carboxylic acid groups (broad SMARTS) is 1. The Bertz CT molecular complexity index is 1000. The van der Waals surface area contributed by atoms with Gasteiger partial charge in [0.1, 0.15) is 5.75 Å². The number of carbonyl (C=O) groups is 2. The number of aromatic nitrogens is 1. The van der Waals surface area contributed by atoms with Gasteiger partial charge in [-0.15, -0.1) is 0 Å². The Hall–Kier alpha value is -2.79. The summed E-state index contributed by atoms with van der Waals surface area (Å²) in [6.45, 7) is 5.42. The average molecular weight is 386 g/mol. The monoisotopic (exact) mass is 385 g/mol. The molecule has 3 rings (SSSR count). The molecule has 0 aliphatic carbocycles. The number of ketones is 1. The van der Waals surface area contributed by atoms with Gasteiger partial charge in [-0.25, -0.2) is 0 Å². The van der Waals surface area contributed by atoms with Gasteiger partial charge in [-0.05, 0) is 57.2 Å². The number of fused-ring (bicyclic) bond motifs is 1. The first-order valence-corrected chi connectivity index (χ1v) is 9.01. The number of benzene rings is 2. The summed E-state index contributed by atoms with van der Waals surface area (Å²) >= 11 is 6.04. The van der Waals surface area contributed by atoms with Gasteiger partial charge in [-0.1, -0.05) is 17.7 Å². The fourth-order valence-corrected chi connectivity index (χ4v) is 3.22. The number of carbonyl (C=O) groups excluding carboxylic acids is 1. The predicted molar refractivity (Wildman–Crippen MR) is 105 cm³/mol. The smallest absolute Gasteiger partial charge is 0.310 e. The van der Waals surface area contributed by atoms with Gasteiger partial charge in [-0.2, -0.15) is 0 Å². The van der Waals surface area contributed by atoms with Crippen molar-refractivity contribution in [2.75, 3.05) is 0 Å². The summed E-state index contributed by atoms with van der Waals surface area (Å²) in [5.74, 6) is -1.45. The van der Waals surface area contributed by atoms with E-state index in [0.717, 1.165) is 0 Å². The van der Waals surface area contributed by atoms with E-state index >= 15 is 0 Å². The third kappa shape index (κ3) is 3.83. The Balaban J connectivity index is 2.08. The molecule has 0 aliphatic rings. The maximum Gasteiger partial charge on any atom is 0.310 e. The number of H-pyrrole nitrogens is 1. The van der Waals surface area contributed by atoms with Crippen LogP contribution >= 0.6 is 11.6 Å². The van der Waals surface area contributed by atoms with Crippen LogP contribution in [-0.4, -0.2) is 27.9 Å². The molecule has 0 amide bonds. The molecular weight excluding hydrogens is 366 g/mol. The SMILES string of the molecule is CC(C)Oc1ccc(C(=O)c2[nH]c3cc(Cl)ccc3c2C(C)C(=O)O)cc1. The minimum Gasteiger partial charge on any atom is -0.491 e. The summed E-state index contributed by atoms with van der Waals surface area (Å²) in [5, 5.41) is 10.7. The van der Waals surface area contributed by atoms with Crippen molar-refractivity contribution < 1.29 is 19.4 Å². The number of hydrogen-bond donors (Lipinski definition) is 2. The lowest BCUT2D eigenvalue weighted by Crippen LogP contribution is -2.13. The van der Waals surface area contributed by atoms with E-state index in [1.54, 1.807) is 49.4 Å². The lowest BCUT2D eigenvalue weighted by atomic mass is 9.94. The summed E-state index contributed by atoms with van der Waals surface area (Å²) in [6.07, 6.45) is 0.0352. The van der Waals surface area contributed by atoms with Gasteiger partial charge in [0, 0.05) is 27.1 Å². The topological polar surface area (TPSA) is 79.4 Å². The molecule has 140 valence electrons. The summed E-state index contributed by atoms with van der Waals surface area (Å²) in [6, 6.07) is 11.9. The first-order chi connectivity index (χ1) is 12.8. The standard InChI is InChI=1S/C21H20ClNO4/c1-11(2)27-15-7-4-13(5-8-15)20(24)19-18(12(3)21(25)26)16-9-6-14(22)10-17(16)23-19/h4-12,23H,1-3H3,(H,25,26). The molecule has 3 aromatic rings. The quantitative estimate of drug-likeness (QED) is 0.583. The third-order valence-electron chi connectivity index (χ3n) is 4.32. The number of ether oxygens (including phenoxy) is 1. The van der Waals surface area contributed by atoms with Gasteiger partial charge in [0.2, 0.25) is 5.78 Å². The second-order valence-corrected chi connectivity index (χ2v) is 7.12. The summed E-state index contributed by atoms with van der Waals surface area (Å²) in [5.41, 5.74) is 1.80. The van der Waals surface area contributed by atoms with Crippen LogP contribution < -0.4 is 4.74 Å². The number of hydrogen-bond acceptors (Lipinski definition) is 3. The Morgan fingerprint density at radius 2 is 1.74 bits per heavy atom. The van der Waals surface area contributed by atoms with Crippen LogP contribution in [-0.2, 0) is 4.79 Å². The predicted octanol–water partition coefficient (Wildman–Crippen LogP) is 5.03. The highest BCUT2D eigenvalue weighted by molar-refractivity contribution is 6.31. The molecule has 6 heteroatoms. The number of carboxylic acids is 1. The van der Waals surface area contributed by atoms with Crippen LogP contribution in [0.1, 0.15) is 48.3 Å². The van der Waals surface area contributed by atoms with Crippen LogP contribution in [0.25, 0.3) is 10.9 Å². The Morgan fingerprint density at radius 1 is 1.07 bits per heavy atom. The fourth-order valence-electron chi connectivity index (χ4n) is 3.05. The molecule has 0 saturated carbocycles. The minimum absolute atomic E-state index is 0.0352. The molecule has 0 radical (unpaired) electrons. The molecule has 5 nitrogen and oxygen atoms in total. The van der Waals surface area contributed by atoms with E-state index in [4.69, 9.17) is 16.3 Å². The lowest BCUT2D eigenvalue weighted by molar-refractivity contribution is -0.138. The molecule has 0 bridgehead atoms. The van der Waals surface area contributed by atoms with Crippen molar-refractivity contribution in [3.63, 3.8) is 0 Å². The maximum atomic E-state index is 13.1. The van der Waals surface area contributed by atoms with Crippen molar-refractivity contribution in [2.24, 2.45) is 0 Å². The van der Waals surface area contributed by atoms with Crippen LogP contribution in [0.3, 0.4) is 0 Å². The highest BCUT2D eigenvalue weighted by atomic mass is 35.5. The van der Waals surface area contributed by atoms with Crippen molar-refractivity contribution in [1.29, 1.82) is 0 Å². The van der Waals surface area contributed by atoms with Crippen molar-refractivity contribution in [3.05, 3.63) is 64.3 Å². The van der Waals surface area contributed by atoms with Crippen molar-refractivity contribution >= 4 is 34.3 Å². The van der Waals surface area contributed by atoms with Gasteiger partial charge < -0.3 is 14.8 Å². The number of rotatable bonds is 6. The molecule has 1 atom stereocenters. The van der Waals surface area contributed by atoms with Gasteiger partial charge in [0.05, 0.1) is 17.7 Å². The Morgan fingerprint density at radius 3 is 2.33 bits per heavy atom. The van der Waals surface area contributed by atoms with Crippen LogP contribution in [0.15, 0.2) is 42.5 Å². The first-order valence-electron chi connectivity index (χ1n) is 8.63. The van der Waals surface area contributed by atoms with E-state index < -0.39 is 11.9 Å². The summed E-state index contributed by atoms with van der Waals surface area (Å²) < 4.78 is 5.60. The molecule has 1 heterocycles. The first kappa shape index (κ1) is 19.0. The van der Waals surface area contributed by atoms with E-state index in [-0.39, 0.29) is 17.6 Å². The zero-order valence-corrected chi connectivity index (χ0v) is 16.0. The average Bonchev–Trinajstić information content (AvgIpc) is 2.98. The Labute approximate surface area is 161 Å². The largest absolute Gasteiger partial charge is 0.491 e. The highest BCUT2D eigenvalue weighted by Crippen LogP contribution is 2.32. The number of halogens is 1. The number of nitrogens with one attached hydrogen (secondary N) is 1. The summed E-state index contributed by atoms with van der Waals surface area (Å²) in [7, 11) is 0. The molecule has 1 unspecified atom stereocenters. The van der Waals surface area contributed by atoms with E-state index in [9.17, 15) is 14.7 Å². The second-order valence-electron chi connectivity index (χ2n) is 6.68. The van der Waals surface area contributed by atoms with Crippen LogP contribution in [0.2, 0.25) is 5.02 Å². The number of aromatic amines is 1. The van der Waals surface area contributed by atoms with E-state index in [1.165, 1.54) is 0 Å². The van der Waals surface area contributed by atoms with E-state index in [1.807, 2.05) is 13.8 Å². The molecule has 2 aromatic carbocycles. The van der Waals surface area contributed by atoms with Crippen LogP contribution in [0, 0.1) is 0 Å². The molecule has 0 aliphatic heterocycles. The number of aliphatic carboxylic acids is 1. The van der Waals surface area contributed by atoms with Gasteiger partial charge in [0.25, 0.3) is 0 Å². The van der Waals surface area contributed by atoms with E-state index in [0.29, 0.717) is 32.8 Å². The molecule has 0 spiro atoms. The van der Waals surface area contributed by atoms with Gasteiger partial charge >= 0.3 is 5.97 Å². The fraction of sp³-hybridized carbons (Fsp3) is 0.238. The van der Waals surface area contributed by atoms with Crippen LogP contribution in [0.5, 0.6) is 5.75 Å². The van der Waals surface area contributed by atoms with Crippen molar-refractivity contribution in [1.82, 2.24) is 4.98 Å². The van der Waals surface area contributed by atoms with Crippen molar-refractivity contribution in [2.45, 2.75) is 32.8 Å². The molecule has 27 heavy (non-hydrogen) atoms. The van der Waals surface area contributed by atoms with Crippen molar-refractivity contribution in [3.8, 4) is 5.75 Å². The molecule has 0 saturated heterocycles. The minimum atomic E-state index is -0.999. The molecule has 1 aromatic heterocycles. The summed E-state index contributed by atoms with van der Waals surface area (Å²) in [4.78, 5) is 27.7. The normalized spacial score (nSPS) is 12.3. The maximum absolute atomic E-state index is 13.1. The molecule has 0 fully saturated rings. The molecular formula is C21H20ClNO4. The van der Waals surface area contributed by atoms with Crippen LogP contribution in [0.4, 0.5) is 0 Å².